The van der Waals surface area contributed by atoms with Gasteiger partial charge in [-0.1, -0.05) is 102 Å². The number of nitrogens with one attached hydrogen (secondary N) is 1. The minimum absolute atomic E-state index is 0.0107. The molecule has 36 heavy (non-hydrogen) atoms. The molecule has 0 saturated heterocycles. The Morgan fingerprint density at radius 3 is 2.11 bits per heavy atom. The van der Waals surface area contributed by atoms with Crippen LogP contribution in [-0.2, 0) is 28.3 Å². The van der Waals surface area contributed by atoms with Crippen LogP contribution in [0.15, 0.2) is 89.4 Å². The fourth-order valence-electron chi connectivity index (χ4n) is 4.62. The van der Waals surface area contributed by atoms with Crippen molar-refractivity contribution < 1.29 is 9.59 Å². The van der Waals surface area contributed by atoms with Crippen molar-refractivity contribution in [3.05, 3.63) is 106 Å². The van der Waals surface area contributed by atoms with Crippen LogP contribution < -0.4 is 5.32 Å². The van der Waals surface area contributed by atoms with Crippen molar-refractivity contribution in [1.82, 2.24) is 10.2 Å². The highest BCUT2D eigenvalue weighted by Crippen LogP contribution is 2.22. The maximum Gasteiger partial charge on any atom is 0.243 e. The molecule has 188 valence electrons. The van der Waals surface area contributed by atoms with Crippen LogP contribution in [0.1, 0.15) is 42.4 Å². The summed E-state index contributed by atoms with van der Waals surface area (Å²) in [6.07, 6.45) is 4.82. The van der Waals surface area contributed by atoms with Crippen molar-refractivity contribution in [3.8, 4) is 0 Å². The molecular weight excluding hydrogens is 532 g/mol. The number of hydrogen-bond acceptors (Lipinski definition) is 3. The second-order valence-electron chi connectivity index (χ2n) is 9.32. The van der Waals surface area contributed by atoms with E-state index in [0.29, 0.717) is 18.7 Å². The molecule has 3 aromatic carbocycles. The molecule has 0 bridgehead atoms. The van der Waals surface area contributed by atoms with Crippen LogP contribution in [0.3, 0.4) is 0 Å². The Hall–Kier alpha value is -2.57. The third-order valence-corrected chi connectivity index (χ3v) is 8.09. The molecule has 0 spiro atoms. The quantitative estimate of drug-likeness (QED) is 0.294. The first-order chi connectivity index (χ1) is 17.6. The second kappa shape index (κ2) is 13.7. The van der Waals surface area contributed by atoms with Gasteiger partial charge in [0, 0.05) is 29.2 Å². The van der Waals surface area contributed by atoms with Gasteiger partial charge in [-0.15, -0.1) is 11.8 Å². The fraction of sp³-hybridized carbons (Fsp3) is 0.333. The van der Waals surface area contributed by atoms with Crippen molar-refractivity contribution >= 4 is 39.5 Å². The molecule has 0 aromatic heterocycles. The van der Waals surface area contributed by atoms with E-state index in [2.05, 4.69) is 33.4 Å². The highest BCUT2D eigenvalue weighted by atomic mass is 79.9. The number of nitrogens with zero attached hydrogens (tertiary/aromatic N) is 1. The van der Waals surface area contributed by atoms with E-state index in [4.69, 9.17) is 0 Å². The van der Waals surface area contributed by atoms with Gasteiger partial charge >= 0.3 is 0 Å². The summed E-state index contributed by atoms with van der Waals surface area (Å²) in [4.78, 5) is 29.1. The van der Waals surface area contributed by atoms with Crippen LogP contribution in [0.2, 0.25) is 0 Å². The summed E-state index contributed by atoms with van der Waals surface area (Å²) in [6.45, 7) is 0.411. The topological polar surface area (TPSA) is 49.4 Å². The van der Waals surface area contributed by atoms with Crippen LogP contribution in [0.4, 0.5) is 0 Å². The van der Waals surface area contributed by atoms with E-state index in [1.165, 1.54) is 5.56 Å². The van der Waals surface area contributed by atoms with E-state index < -0.39 is 6.04 Å². The Balaban J connectivity index is 1.53. The van der Waals surface area contributed by atoms with Gasteiger partial charge in [-0.2, -0.15) is 0 Å². The normalized spacial score (nSPS) is 14.4. The lowest BCUT2D eigenvalue weighted by atomic mass is 10.0. The Bertz CT molecular complexity index is 1100. The lowest BCUT2D eigenvalue weighted by Gasteiger charge is -2.32. The van der Waals surface area contributed by atoms with Gasteiger partial charge in [-0.25, -0.2) is 0 Å². The van der Waals surface area contributed by atoms with Crippen molar-refractivity contribution in [2.24, 2.45) is 0 Å². The van der Waals surface area contributed by atoms with Crippen LogP contribution >= 0.6 is 27.7 Å². The Kier molecular flexibility index (Phi) is 10.1. The number of thioether (sulfide) groups is 1. The number of hydrogen-bond donors (Lipinski definition) is 1. The Labute approximate surface area is 227 Å². The van der Waals surface area contributed by atoms with Gasteiger partial charge in [0.15, 0.2) is 0 Å². The molecule has 0 aliphatic heterocycles. The lowest BCUT2D eigenvalue weighted by Crippen LogP contribution is -2.52. The first-order valence-electron chi connectivity index (χ1n) is 12.6. The van der Waals surface area contributed by atoms with Crippen LogP contribution in [0.25, 0.3) is 0 Å². The zero-order valence-electron chi connectivity index (χ0n) is 20.4. The van der Waals surface area contributed by atoms with E-state index in [0.717, 1.165) is 47.0 Å². The smallest absolute Gasteiger partial charge is 0.243 e. The molecule has 0 heterocycles. The zero-order valence-corrected chi connectivity index (χ0v) is 22.8. The highest BCUT2D eigenvalue weighted by molar-refractivity contribution is 9.10. The van der Waals surface area contributed by atoms with E-state index in [-0.39, 0.29) is 17.9 Å². The molecule has 0 radical (unpaired) electrons. The molecule has 3 aromatic rings. The first-order valence-corrected chi connectivity index (χ1v) is 14.5. The summed E-state index contributed by atoms with van der Waals surface area (Å²) in [5.74, 6) is 1.01. The van der Waals surface area contributed by atoms with Gasteiger partial charge in [0.05, 0.1) is 5.75 Å². The number of amides is 2. The van der Waals surface area contributed by atoms with Crippen molar-refractivity contribution in [3.63, 3.8) is 0 Å². The molecule has 4 rings (SSSR count). The molecule has 6 heteroatoms. The summed E-state index contributed by atoms with van der Waals surface area (Å²) in [5.41, 5.74) is 3.25. The molecular formula is C30H33BrN2O2S. The van der Waals surface area contributed by atoms with E-state index in [9.17, 15) is 9.59 Å². The standard InChI is InChI=1S/C30H33BrN2O2S/c31-26-17-15-25(16-18-26)21-36-22-29(34)33(20-24-11-5-2-6-12-24)28(19-23-9-3-1-4-10-23)30(35)32-27-13-7-8-14-27/h1-6,9-12,15-18,27-28H,7-8,13-14,19-22H2,(H,32,35)/t28-/m1/s1. The van der Waals surface area contributed by atoms with Crippen molar-refractivity contribution in [2.45, 2.75) is 56.5 Å². The first kappa shape index (κ1) is 26.5. The van der Waals surface area contributed by atoms with Gasteiger partial charge in [-0.3, -0.25) is 9.59 Å². The monoisotopic (exact) mass is 564 g/mol. The van der Waals surface area contributed by atoms with Crippen molar-refractivity contribution in [1.29, 1.82) is 0 Å². The SMILES string of the molecule is O=C(NC1CCCC1)[C@@H](Cc1ccccc1)N(Cc1ccccc1)C(=O)CSCc1ccc(Br)cc1. The molecule has 1 N–H and O–H groups in total. The highest BCUT2D eigenvalue weighted by Gasteiger charge is 2.32. The van der Waals surface area contributed by atoms with E-state index >= 15 is 0 Å². The number of carbonyl (C=O) groups excluding carboxylic acids is 2. The van der Waals surface area contributed by atoms with Gasteiger partial charge in [0.25, 0.3) is 0 Å². The number of rotatable bonds is 11. The predicted octanol–water partition coefficient (Wildman–Crippen LogP) is 6.38. The summed E-state index contributed by atoms with van der Waals surface area (Å²) in [6, 6.07) is 27.8. The van der Waals surface area contributed by atoms with E-state index in [1.54, 1.807) is 16.7 Å². The Morgan fingerprint density at radius 1 is 0.861 bits per heavy atom. The van der Waals surface area contributed by atoms with Gasteiger partial charge in [-0.05, 0) is 41.7 Å². The third-order valence-electron chi connectivity index (χ3n) is 6.58. The maximum absolute atomic E-state index is 13.7. The van der Waals surface area contributed by atoms with Crippen LogP contribution in [-0.4, -0.2) is 34.6 Å². The third kappa shape index (κ3) is 7.97. The summed E-state index contributed by atoms with van der Waals surface area (Å²) >= 11 is 5.06. The fourth-order valence-corrected chi connectivity index (χ4v) is 5.76. The second-order valence-corrected chi connectivity index (χ2v) is 11.2. The summed E-state index contributed by atoms with van der Waals surface area (Å²) < 4.78 is 1.04. The number of carbonyl (C=O) groups is 2. The van der Waals surface area contributed by atoms with Gasteiger partial charge in [0.2, 0.25) is 11.8 Å². The van der Waals surface area contributed by atoms with Gasteiger partial charge in [0.1, 0.15) is 6.04 Å². The zero-order chi connectivity index (χ0) is 25.2. The minimum atomic E-state index is -0.561. The largest absolute Gasteiger partial charge is 0.352 e. The van der Waals surface area contributed by atoms with Gasteiger partial charge < -0.3 is 10.2 Å². The average Bonchev–Trinajstić information content (AvgIpc) is 3.41. The summed E-state index contributed by atoms with van der Waals surface area (Å²) in [5, 5.41) is 3.26. The maximum atomic E-state index is 13.7. The molecule has 1 fully saturated rings. The molecule has 2 amide bonds. The lowest BCUT2D eigenvalue weighted by molar-refractivity contribution is -0.139. The summed E-state index contributed by atoms with van der Waals surface area (Å²) in [7, 11) is 0. The Morgan fingerprint density at radius 2 is 1.47 bits per heavy atom. The van der Waals surface area contributed by atoms with Crippen LogP contribution in [0, 0.1) is 0 Å². The van der Waals surface area contributed by atoms with Crippen LogP contribution in [0.5, 0.6) is 0 Å². The van der Waals surface area contributed by atoms with E-state index in [1.807, 2.05) is 72.8 Å². The predicted molar refractivity (Wildman–Crippen MR) is 152 cm³/mol. The number of benzene rings is 3. The molecule has 1 atom stereocenters. The molecule has 4 nitrogen and oxygen atoms in total. The molecule has 1 aliphatic carbocycles. The minimum Gasteiger partial charge on any atom is -0.352 e. The average molecular weight is 566 g/mol. The molecule has 1 saturated carbocycles. The molecule has 1 aliphatic rings. The number of halogens is 1. The molecule has 0 unspecified atom stereocenters. The van der Waals surface area contributed by atoms with Crippen molar-refractivity contribution in [2.75, 3.05) is 5.75 Å².